The van der Waals surface area contributed by atoms with E-state index < -0.39 is 0 Å². The fourth-order valence-electron chi connectivity index (χ4n) is 1.83. The Labute approximate surface area is 115 Å². The second kappa shape index (κ2) is 7.77. The maximum Gasteiger partial charge on any atom is 0.168 e. The van der Waals surface area contributed by atoms with Crippen LogP contribution in [0.2, 0.25) is 0 Å². The van der Waals surface area contributed by atoms with Gasteiger partial charge < -0.3 is 19.7 Å². The van der Waals surface area contributed by atoms with Gasteiger partial charge in [-0.05, 0) is 19.3 Å². The molecule has 0 aliphatic heterocycles. The van der Waals surface area contributed by atoms with Gasteiger partial charge in [0.15, 0.2) is 23.0 Å². The lowest BCUT2D eigenvalue weighted by molar-refractivity contribution is 0.261. The Morgan fingerprint density at radius 3 is 2.16 bits per heavy atom. The number of rotatable bonds is 8. The third-order valence-electron chi connectivity index (χ3n) is 2.71. The lowest BCUT2D eigenvalue weighted by atomic mass is 10.1. The Morgan fingerprint density at radius 1 is 0.947 bits per heavy atom. The third kappa shape index (κ3) is 3.94. The summed E-state index contributed by atoms with van der Waals surface area (Å²) in [6.07, 6.45) is 3.24. The molecule has 0 bridgehead atoms. The van der Waals surface area contributed by atoms with E-state index >= 15 is 0 Å². The summed E-state index contributed by atoms with van der Waals surface area (Å²) in [6, 6.07) is 1.43. The molecule has 0 saturated heterocycles. The lowest BCUT2D eigenvalue weighted by Gasteiger charge is -2.18. The first-order valence-electron chi connectivity index (χ1n) is 6.99. The predicted octanol–water partition coefficient (Wildman–Crippen LogP) is 3.63. The van der Waals surface area contributed by atoms with Crippen LogP contribution in [0, 0.1) is 0 Å². The van der Waals surface area contributed by atoms with Gasteiger partial charge in [-0.1, -0.05) is 27.2 Å². The number of hydrogen-bond acceptors (Lipinski definition) is 4. The highest BCUT2D eigenvalue weighted by molar-refractivity contribution is 5.60. The summed E-state index contributed by atoms with van der Waals surface area (Å²) < 4.78 is 11.3. The van der Waals surface area contributed by atoms with Crippen LogP contribution in [0.1, 0.15) is 45.6 Å². The molecule has 0 spiro atoms. The van der Waals surface area contributed by atoms with Crippen LogP contribution in [0.5, 0.6) is 23.0 Å². The summed E-state index contributed by atoms with van der Waals surface area (Å²) in [5, 5.41) is 19.7. The van der Waals surface area contributed by atoms with E-state index in [0.29, 0.717) is 36.7 Å². The van der Waals surface area contributed by atoms with Crippen LogP contribution in [-0.4, -0.2) is 23.4 Å². The quantitative estimate of drug-likeness (QED) is 0.707. The standard InChI is InChI=1S/C15H24O4/c1-4-7-11-14(17)12(16)10-13(18-8-5-2)15(11)19-9-6-3/h10,16-17H,4-9H2,1-3H3. The molecule has 0 aliphatic carbocycles. The molecule has 4 heteroatoms. The minimum atomic E-state index is -0.154. The van der Waals surface area contributed by atoms with Crippen molar-refractivity contribution in [3.63, 3.8) is 0 Å². The Kier molecular flexibility index (Phi) is 6.33. The summed E-state index contributed by atoms with van der Waals surface area (Å²) >= 11 is 0. The molecule has 1 rings (SSSR count). The molecular weight excluding hydrogens is 244 g/mol. The van der Waals surface area contributed by atoms with Gasteiger partial charge in [-0.15, -0.1) is 0 Å². The van der Waals surface area contributed by atoms with Crippen molar-refractivity contribution >= 4 is 0 Å². The summed E-state index contributed by atoms with van der Waals surface area (Å²) in [5.41, 5.74) is 0.627. The number of phenolic OH excluding ortho intramolecular Hbond substituents is 2. The molecule has 1 aromatic rings. The van der Waals surface area contributed by atoms with Gasteiger partial charge in [-0.3, -0.25) is 0 Å². The maximum absolute atomic E-state index is 9.97. The lowest BCUT2D eigenvalue weighted by Crippen LogP contribution is -2.04. The molecule has 0 atom stereocenters. The molecule has 1 aromatic carbocycles. The number of hydrogen-bond donors (Lipinski definition) is 2. The first kappa shape index (κ1) is 15.5. The van der Waals surface area contributed by atoms with Crippen LogP contribution in [0.3, 0.4) is 0 Å². The summed E-state index contributed by atoms with van der Waals surface area (Å²) in [7, 11) is 0. The van der Waals surface area contributed by atoms with E-state index in [1.807, 2.05) is 20.8 Å². The highest BCUT2D eigenvalue weighted by Gasteiger charge is 2.19. The number of ether oxygens (including phenoxy) is 2. The van der Waals surface area contributed by atoms with Crippen molar-refractivity contribution in [2.24, 2.45) is 0 Å². The monoisotopic (exact) mass is 268 g/mol. The zero-order valence-corrected chi connectivity index (χ0v) is 12.0. The van der Waals surface area contributed by atoms with Gasteiger partial charge in [0, 0.05) is 11.6 Å². The SMILES string of the molecule is CCCOc1cc(O)c(O)c(CCC)c1OCCC. The zero-order chi connectivity index (χ0) is 14.3. The predicted molar refractivity (Wildman–Crippen MR) is 75.3 cm³/mol. The average molecular weight is 268 g/mol. The van der Waals surface area contributed by atoms with Gasteiger partial charge in [0.25, 0.3) is 0 Å². The van der Waals surface area contributed by atoms with Gasteiger partial charge in [-0.25, -0.2) is 0 Å². The van der Waals surface area contributed by atoms with Gasteiger partial charge >= 0.3 is 0 Å². The molecule has 0 saturated carbocycles. The largest absolute Gasteiger partial charge is 0.504 e. The van der Waals surface area contributed by atoms with Gasteiger partial charge in [-0.2, -0.15) is 0 Å². The highest BCUT2D eigenvalue weighted by atomic mass is 16.5. The first-order chi connectivity index (χ1) is 9.15. The van der Waals surface area contributed by atoms with E-state index in [1.54, 1.807) is 0 Å². The van der Waals surface area contributed by atoms with Crippen LogP contribution >= 0.6 is 0 Å². The normalized spacial score (nSPS) is 10.5. The molecule has 0 amide bonds. The molecule has 0 heterocycles. The van der Waals surface area contributed by atoms with E-state index in [0.717, 1.165) is 19.3 Å². The summed E-state index contributed by atoms with van der Waals surface area (Å²) in [6.45, 7) is 7.16. The van der Waals surface area contributed by atoms with Crippen molar-refractivity contribution in [1.82, 2.24) is 0 Å². The van der Waals surface area contributed by atoms with E-state index in [-0.39, 0.29) is 11.5 Å². The van der Waals surface area contributed by atoms with E-state index in [2.05, 4.69) is 0 Å². The minimum absolute atomic E-state index is 0.100. The average Bonchev–Trinajstić information content (AvgIpc) is 2.41. The van der Waals surface area contributed by atoms with E-state index in [1.165, 1.54) is 6.07 Å². The number of aromatic hydroxyl groups is 2. The van der Waals surface area contributed by atoms with Crippen molar-refractivity contribution in [2.75, 3.05) is 13.2 Å². The molecule has 0 aromatic heterocycles. The molecule has 0 radical (unpaired) electrons. The Balaban J connectivity index is 3.18. The van der Waals surface area contributed by atoms with Crippen LogP contribution in [-0.2, 0) is 6.42 Å². The summed E-state index contributed by atoms with van der Waals surface area (Å²) in [4.78, 5) is 0. The number of phenols is 2. The van der Waals surface area contributed by atoms with E-state index in [4.69, 9.17) is 9.47 Å². The van der Waals surface area contributed by atoms with Gasteiger partial charge in [0.05, 0.1) is 13.2 Å². The molecule has 2 N–H and O–H groups in total. The van der Waals surface area contributed by atoms with Crippen LogP contribution in [0.25, 0.3) is 0 Å². The Morgan fingerprint density at radius 2 is 1.58 bits per heavy atom. The molecule has 19 heavy (non-hydrogen) atoms. The van der Waals surface area contributed by atoms with Gasteiger partial charge in [0.1, 0.15) is 0 Å². The topological polar surface area (TPSA) is 58.9 Å². The van der Waals surface area contributed by atoms with Gasteiger partial charge in [0.2, 0.25) is 0 Å². The molecule has 108 valence electrons. The first-order valence-corrected chi connectivity index (χ1v) is 6.99. The van der Waals surface area contributed by atoms with Crippen LogP contribution < -0.4 is 9.47 Å². The molecular formula is C15H24O4. The molecule has 4 nitrogen and oxygen atoms in total. The molecule has 0 fully saturated rings. The second-order valence-electron chi connectivity index (χ2n) is 4.50. The third-order valence-corrected chi connectivity index (χ3v) is 2.71. The van der Waals surface area contributed by atoms with Crippen molar-refractivity contribution in [1.29, 1.82) is 0 Å². The minimum Gasteiger partial charge on any atom is -0.504 e. The fourth-order valence-corrected chi connectivity index (χ4v) is 1.83. The van der Waals surface area contributed by atoms with Crippen molar-refractivity contribution in [3.05, 3.63) is 11.6 Å². The Hall–Kier alpha value is -1.58. The van der Waals surface area contributed by atoms with Crippen LogP contribution in [0.4, 0.5) is 0 Å². The van der Waals surface area contributed by atoms with Crippen molar-refractivity contribution in [3.8, 4) is 23.0 Å². The zero-order valence-electron chi connectivity index (χ0n) is 12.0. The van der Waals surface area contributed by atoms with Crippen LogP contribution in [0.15, 0.2) is 6.07 Å². The highest BCUT2D eigenvalue weighted by Crippen LogP contribution is 2.44. The maximum atomic E-state index is 9.97. The smallest absolute Gasteiger partial charge is 0.168 e. The fraction of sp³-hybridized carbons (Fsp3) is 0.600. The van der Waals surface area contributed by atoms with E-state index in [9.17, 15) is 10.2 Å². The summed E-state index contributed by atoms with van der Waals surface area (Å²) in [5.74, 6) is 0.816. The van der Waals surface area contributed by atoms with Crippen molar-refractivity contribution < 1.29 is 19.7 Å². The molecule has 0 unspecified atom stereocenters. The Bertz CT molecular complexity index is 402. The second-order valence-corrected chi connectivity index (χ2v) is 4.50. The molecule has 0 aliphatic rings. The number of benzene rings is 1. The van der Waals surface area contributed by atoms with Crippen molar-refractivity contribution in [2.45, 2.75) is 46.5 Å².